The molecule has 3 nitrogen and oxygen atoms in total. The van der Waals surface area contributed by atoms with Crippen LogP contribution in [0.3, 0.4) is 0 Å². The van der Waals surface area contributed by atoms with Crippen LogP contribution in [0.25, 0.3) is 0 Å². The monoisotopic (exact) mass is 257 g/mol. The van der Waals surface area contributed by atoms with Crippen molar-refractivity contribution in [1.29, 1.82) is 0 Å². The molecule has 1 aliphatic heterocycles. The Bertz CT molecular complexity index is 438. The highest BCUT2D eigenvalue weighted by Gasteiger charge is 2.39. The number of rotatable bonds is 2. The molecule has 2 aliphatic rings. The Balaban J connectivity index is 1.54. The first-order valence-corrected chi connectivity index (χ1v) is 7.36. The predicted octanol–water partition coefficient (Wildman–Crippen LogP) is 2.77. The summed E-state index contributed by atoms with van der Waals surface area (Å²) in [5.74, 6) is 0.720. The van der Waals surface area contributed by atoms with Crippen LogP contribution in [0.15, 0.2) is 35.3 Å². The fourth-order valence-corrected chi connectivity index (χ4v) is 3.24. The molecule has 0 aromatic heterocycles. The molecule has 3 rings (SSSR count). The standard InChI is InChI=1S/C16H23N3/c17-15(18-13-14-5-2-1-3-6-14)19-11-9-16(10-12-19)7-4-8-16/h1-3,5-6H,4,7-13H2,(H2,17,18). The molecule has 1 heterocycles. The Morgan fingerprint density at radius 3 is 2.37 bits per heavy atom. The average molecular weight is 257 g/mol. The van der Waals surface area contributed by atoms with Crippen LogP contribution in [0.4, 0.5) is 0 Å². The molecule has 0 atom stereocenters. The lowest BCUT2D eigenvalue weighted by molar-refractivity contribution is 0.0565. The van der Waals surface area contributed by atoms with E-state index in [1.807, 2.05) is 18.2 Å². The number of nitrogens with two attached hydrogens (primary N) is 1. The van der Waals surface area contributed by atoms with Crippen molar-refractivity contribution in [1.82, 2.24) is 4.90 Å². The Morgan fingerprint density at radius 1 is 1.11 bits per heavy atom. The summed E-state index contributed by atoms with van der Waals surface area (Å²) >= 11 is 0. The van der Waals surface area contributed by atoms with Crippen LogP contribution >= 0.6 is 0 Å². The summed E-state index contributed by atoms with van der Waals surface area (Å²) in [5, 5.41) is 0. The molecule has 2 fully saturated rings. The minimum atomic E-state index is 0.677. The number of hydrogen-bond acceptors (Lipinski definition) is 1. The van der Waals surface area contributed by atoms with Gasteiger partial charge in [0.2, 0.25) is 0 Å². The zero-order valence-corrected chi connectivity index (χ0v) is 11.5. The maximum atomic E-state index is 6.12. The maximum Gasteiger partial charge on any atom is 0.191 e. The molecule has 1 aromatic carbocycles. The van der Waals surface area contributed by atoms with E-state index >= 15 is 0 Å². The first-order chi connectivity index (χ1) is 9.27. The van der Waals surface area contributed by atoms with Gasteiger partial charge in [-0.25, -0.2) is 4.99 Å². The largest absolute Gasteiger partial charge is 0.370 e. The molecule has 0 bridgehead atoms. The van der Waals surface area contributed by atoms with E-state index in [2.05, 4.69) is 22.0 Å². The first-order valence-electron chi connectivity index (χ1n) is 7.36. The quantitative estimate of drug-likeness (QED) is 0.654. The molecule has 2 N–H and O–H groups in total. The molecule has 1 aromatic rings. The van der Waals surface area contributed by atoms with Gasteiger partial charge in [0.1, 0.15) is 0 Å². The number of benzene rings is 1. The molecule has 1 spiro atoms. The van der Waals surface area contributed by atoms with Gasteiger partial charge in [-0.15, -0.1) is 0 Å². The zero-order chi connectivity index (χ0) is 13.1. The molecule has 0 amide bonds. The van der Waals surface area contributed by atoms with Gasteiger partial charge in [0, 0.05) is 13.1 Å². The van der Waals surface area contributed by atoms with E-state index in [-0.39, 0.29) is 0 Å². The second-order valence-corrected chi connectivity index (χ2v) is 6.00. The molecule has 1 saturated heterocycles. The molecule has 102 valence electrons. The highest BCUT2D eigenvalue weighted by Crippen LogP contribution is 2.48. The van der Waals surface area contributed by atoms with Gasteiger partial charge in [0.05, 0.1) is 6.54 Å². The van der Waals surface area contributed by atoms with Crippen LogP contribution < -0.4 is 5.73 Å². The Hall–Kier alpha value is -1.51. The molecule has 0 radical (unpaired) electrons. The van der Waals surface area contributed by atoms with Gasteiger partial charge < -0.3 is 10.6 Å². The third-order valence-electron chi connectivity index (χ3n) is 4.83. The smallest absolute Gasteiger partial charge is 0.191 e. The number of guanidine groups is 1. The lowest BCUT2D eigenvalue weighted by Crippen LogP contribution is -2.48. The fraction of sp³-hybridized carbons (Fsp3) is 0.562. The van der Waals surface area contributed by atoms with E-state index in [9.17, 15) is 0 Å². The SMILES string of the molecule is NC(=NCc1ccccc1)N1CCC2(CCC2)CC1. The van der Waals surface area contributed by atoms with Crippen molar-refractivity contribution < 1.29 is 0 Å². The van der Waals surface area contributed by atoms with E-state index in [1.54, 1.807) is 0 Å². The van der Waals surface area contributed by atoms with Gasteiger partial charge in [0.25, 0.3) is 0 Å². The van der Waals surface area contributed by atoms with Crippen molar-refractivity contribution in [2.45, 2.75) is 38.6 Å². The number of piperidine rings is 1. The highest BCUT2D eigenvalue weighted by molar-refractivity contribution is 5.78. The zero-order valence-electron chi connectivity index (χ0n) is 11.5. The van der Waals surface area contributed by atoms with E-state index in [0.717, 1.165) is 19.0 Å². The van der Waals surface area contributed by atoms with Crippen LogP contribution in [0.5, 0.6) is 0 Å². The topological polar surface area (TPSA) is 41.6 Å². The molecule has 0 unspecified atom stereocenters. The lowest BCUT2D eigenvalue weighted by Gasteiger charge is -2.48. The van der Waals surface area contributed by atoms with Crippen molar-refractivity contribution in [3.8, 4) is 0 Å². The summed E-state index contributed by atoms with van der Waals surface area (Å²) < 4.78 is 0. The van der Waals surface area contributed by atoms with Crippen molar-refractivity contribution in [2.24, 2.45) is 16.1 Å². The summed E-state index contributed by atoms with van der Waals surface area (Å²) in [6.45, 7) is 2.86. The summed E-state index contributed by atoms with van der Waals surface area (Å²) in [7, 11) is 0. The van der Waals surface area contributed by atoms with Crippen LogP contribution in [-0.4, -0.2) is 23.9 Å². The predicted molar refractivity (Wildman–Crippen MR) is 78.9 cm³/mol. The average Bonchev–Trinajstić information content (AvgIpc) is 2.44. The van der Waals surface area contributed by atoms with Crippen LogP contribution in [0.2, 0.25) is 0 Å². The Kier molecular flexibility index (Phi) is 3.45. The maximum absolute atomic E-state index is 6.12. The lowest BCUT2D eigenvalue weighted by atomic mass is 9.63. The second kappa shape index (κ2) is 5.24. The van der Waals surface area contributed by atoms with Crippen molar-refractivity contribution in [2.75, 3.05) is 13.1 Å². The van der Waals surface area contributed by atoms with Gasteiger partial charge >= 0.3 is 0 Å². The normalized spacial score (nSPS) is 22.3. The van der Waals surface area contributed by atoms with Crippen LogP contribution in [0.1, 0.15) is 37.7 Å². The summed E-state index contributed by atoms with van der Waals surface area (Å²) in [4.78, 5) is 6.79. The highest BCUT2D eigenvalue weighted by atomic mass is 15.3. The number of likely N-dealkylation sites (tertiary alicyclic amines) is 1. The van der Waals surface area contributed by atoms with Crippen molar-refractivity contribution in [3.63, 3.8) is 0 Å². The molecule has 1 aliphatic carbocycles. The first kappa shape index (κ1) is 12.5. The van der Waals surface area contributed by atoms with E-state index in [1.165, 1.54) is 37.7 Å². The summed E-state index contributed by atoms with van der Waals surface area (Å²) in [6.07, 6.45) is 6.89. The Labute approximate surface area is 115 Å². The molecule has 3 heteroatoms. The third-order valence-corrected chi connectivity index (χ3v) is 4.83. The van der Waals surface area contributed by atoms with Crippen molar-refractivity contribution in [3.05, 3.63) is 35.9 Å². The van der Waals surface area contributed by atoms with E-state index in [4.69, 9.17) is 5.73 Å². The molecular weight excluding hydrogens is 234 g/mol. The number of hydrogen-bond donors (Lipinski definition) is 1. The molecular formula is C16H23N3. The summed E-state index contributed by atoms with van der Waals surface area (Å²) in [5.41, 5.74) is 8.02. The van der Waals surface area contributed by atoms with E-state index in [0.29, 0.717) is 12.0 Å². The van der Waals surface area contributed by atoms with Gasteiger partial charge in [-0.05, 0) is 36.7 Å². The Morgan fingerprint density at radius 2 is 1.79 bits per heavy atom. The number of nitrogens with zero attached hydrogens (tertiary/aromatic N) is 2. The van der Waals surface area contributed by atoms with Crippen molar-refractivity contribution >= 4 is 5.96 Å². The molecule has 1 saturated carbocycles. The third kappa shape index (κ3) is 2.75. The summed E-state index contributed by atoms with van der Waals surface area (Å²) in [6, 6.07) is 10.3. The minimum Gasteiger partial charge on any atom is -0.370 e. The van der Waals surface area contributed by atoms with Crippen LogP contribution in [-0.2, 0) is 6.54 Å². The van der Waals surface area contributed by atoms with Gasteiger partial charge in [-0.1, -0.05) is 36.8 Å². The van der Waals surface area contributed by atoms with E-state index < -0.39 is 0 Å². The van der Waals surface area contributed by atoms with Gasteiger partial charge in [-0.2, -0.15) is 0 Å². The minimum absolute atomic E-state index is 0.677. The van der Waals surface area contributed by atoms with Gasteiger partial charge in [0.15, 0.2) is 5.96 Å². The molecule has 19 heavy (non-hydrogen) atoms. The fourth-order valence-electron chi connectivity index (χ4n) is 3.24. The second-order valence-electron chi connectivity index (χ2n) is 6.00. The van der Waals surface area contributed by atoms with Gasteiger partial charge in [-0.3, -0.25) is 0 Å². The number of aliphatic imine (C=N–C) groups is 1. The van der Waals surface area contributed by atoms with Crippen LogP contribution in [0, 0.1) is 5.41 Å².